The summed E-state index contributed by atoms with van der Waals surface area (Å²) in [6, 6.07) is 3.58. The van der Waals surface area contributed by atoms with Gasteiger partial charge < -0.3 is 14.7 Å². The Morgan fingerprint density at radius 3 is 2.60 bits per heavy atom. The van der Waals surface area contributed by atoms with Crippen molar-refractivity contribution in [2.45, 2.75) is 26.3 Å². The van der Waals surface area contributed by atoms with Crippen LogP contribution in [-0.4, -0.2) is 41.6 Å². The lowest BCUT2D eigenvalue weighted by molar-refractivity contribution is -0.138. The van der Waals surface area contributed by atoms with Gasteiger partial charge in [0.2, 0.25) is 0 Å². The van der Waals surface area contributed by atoms with Gasteiger partial charge in [-0.15, -0.1) is 0 Å². The Morgan fingerprint density at radius 2 is 2.10 bits per heavy atom. The molecule has 0 heterocycles. The van der Waals surface area contributed by atoms with Crippen molar-refractivity contribution in [3.05, 3.63) is 29.6 Å². The highest BCUT2D eigenvalue weighted by molar-refractivity contribution is 5.97. The molecule has 1 aromatic carbocycles. The highest BCUT2D eigenvalue weighted by Gasteiger charge is 2.26. The summed E-state index contributed by atoms with van der Waals surface area (Å²) in [6.45, 7) is 3.61. The third kappa shape index (κ3) is 3.46. The standard InChI is InChI=1S/C14H18FNO4/c1-4-16(9(2)8-12(17)18)14(19)13-10(15)6-5-7-11(13)20-3/h5-7,9H,4,8H2,1-3H3,(H,17,18). The molecule has 0 saturated carbocycles. The molecular weight excluding hydrogens is 265 g/mol. The largest absolute Gasteiger partial charge is 0.496 e. The molecule has 110 valence electrons. The molecule has 1 rings (SSSR count). The van der Waals surface area contributed by atoms with E-state index in [1.54, 1.807) is 13.8 Å². The smallest absolute Gasteiger partial charge is 0.305 e. The van der Waals surface area contributed by atoms with Crippen LogP contribution in [0.15, 0.2) is 18.2 Å². The lowest BCUT2D eigenvalue weighted by Gasteiger charge is -2.27. The van der Waals surface area contributed by atoms with Crippen molar-refractivity contribution in [3.63, 3.8) is 0 Å². The summed E-state index contributed by atoms with van der Waals surface area (Å²) in [6.07, 6.45) is -0.198. The molecule has 1 amide bonds. The maximum Gasteiger partial charge on any atom is 0.305 e. The van der Waals surface area contributed by atoms with Gasteiger partial charge in [-0.25, -0.2) is 4.39 Å². The number of halogens is 1. The number of nitrogens with zero attached hydrogens (tertiary/aromatic N) is 1. The zero-order valence-corrected chi connectivity index (χ0v) is 11.7. The van der Waals surface area contributed by atoms with Crippen LogP contribution in [-0.2, 0) is 4.79 Å². The van der Waals surface area contributed by atoms with Gasteiger partial charge >= 0.3 is 5.97 Å². The van der Waals surface area contributed by atoms with Crippen molar-refractivity contribution in [1.29, 1.82) is 0 Å². The minimum Gasteiger partial charge on any atom is -0.496 e. The molecule has 1 unspecified atom stereocenters. The molecule has 0 spiro atoms. The summed E-state index contributed by atoms with van der Waals surface area (Å²) in [5.41, 5.74) is -0.172. The molecule has 0 aliphatic carbocycles. The molecular formula is C14H18FNO4. The van der Waals surface area contributed by atoms with E-state index in [2.05, 4.69) is 0 Å². The average Bonchev–Trinajstić information content (AvgIpc) is 2.37. The molecule has 1 N–H and O–H groups in total. The van der Waals surface area contributed by atoms with E-state index in [1.165, 1.54) is 30.2 Å². The number of hydrogen-bond donors (Lipinski definition) is 1. The van der Waals surface area contributed by atoms with E-state index in [0.29, 0.717) is 0 Å². The fraction of sp³-hybridized carbons (Fsp3) is 0.429. The minimum absolute atomic E-state index is 0.135. The van der Waals surface area contributed by atoms with Crippen LogP contribution in [0.5, 0.6) is 5.75 Å². The molecule has 0 aromatic heterocycles. The molecule has 1 atom stereocenters. The molecule has 0 bridgehead atoms. The number of rotatable bonds is 6. The lowest BCUT2D eigenvalue weighted by atomic mass is 10.1. The summed E-state index contributed by atoms with van der Waals surface area (Å²) in [5, 5.41) is 8.80. The van der Waals surface area contributed by atoms with Crippen LogP contribution in [0.4, 0.5) is 4.39 Å². The second-order valence-corrected chi connectivity index (χ2v) is 4.36. The van der Waals surface area contributed by atoms with Crippen molar-refractivity contribution in [1.82, 2.24) is 4.90 Å². The summed E-state index contributed by atoms with van der Waals surface area (Å²) in [4.78, 5) is 24.5. The van der Waals surface area contributed by atoms with Crippen LogP contribution in [0.1, 0.15) is 30.6 Å². The van der Waals surface area contributed by atoms with Gasteiger partial charge in [0.1, 0.15) is 17.1 Å². The lowest BCUT2D eigenvalue weighted by Crippen LogP contribution is -2.40. The van der Waals surface area contributed by atoms with Crippen molar-refractivity contribution in [3.8, 4) is 5.75 Å². The normalized spacial score (nSPS) is 11.8. The first kappa shape index (κ1) is 15.9. The Bertz CT molecular complexity index is 504. The molecule has 0 aliphatic rings. The van der Waals surface area contributed by atoms with E-state index in [9.17, 15) is 14.0 Å². The first-order valence-corrected chi connectivity index (χ1v) is 6.27. The Labute approximate surface area is 117 Å². The molecule has 0 saturated heterocycles. The number of amides is 1. The van der Waals surface area contributed by atoms with E-state index in [1.807, 2.05) is 0 Å². The number of aliphatic carboxylic acids is 1. The van der Waals surface area contributed by atoms with Gasteiger partial charge in [0.05, 0.1) is 13.5 Å². The third-order valence-electron chi connectivity index (χ3n) is 3.01. The monoisotopic (exact) mass is 283 g/mol. The quantitative estimate of drug-likeness (QED) is 0.868. The van der Waals surface area contributed by atoms with Crippen molar-refractivity contribution < 1.29 is 23.8 Å². The summed E-state index contributed by atoms with van der Waals surface area (Å²) in [5.74, 6) is -2.13. The number of carboxylic acids is 1. The predicted octanol–water partition coefficient (Wildman–Crippen LogP) is 2.16. The second-order valence-electron chi connectivity index (χ2n) is 4.36. The van der Waals surface area contributed by atoms with E-state index in [4.69, 9.17) is 9.84 Å². The van der Waals surface area contributed by atoms with E-state index in [-0.39, 0.29) is 24.3 Å². The van der Waals surface area contributed by atoms with Crippen molar-refractivity contribution in [2.75, 3.05) is 13.7 Å². The Morgan fingerprint density at radius 1 is 1.45 bits per heavy atom. The van der Waals surface area contributed by atoms with Gasteiger partial charge in [-0.2, -0.15) is 0 Å². The SMILES string of the molecule is CCN(C(=O)c1c(F)cccc1OC)C(C)CC(=O)O. The number of benzene rings is 1. The van der Waals surface area contributed by atoms with Crippen LogP contribution in [0.25, 0.3) is 0 Å². The van der Waals surface area contributed by atoms with Crippen LogP contribution in [0.3, 0.4) is 0 Å². The number of carbonyl (C=O) groups excluding carboxylic acids is 1. The van der Waals surface area contributed by atoms with E-state index < -0.39 is 23.7 Å². The number of ether oxygens (including phenoxy) is 1. The molecule has 20 heavy (non-hydrogen) atoms. The first-order valence-electron chi connectivity index (χ1n) is 6.27. The van der Waals surface area contributed by atoms with Crippen LogP contribution < -0.4 is 4.74 Å². The molecule has 1 aromatic rings. The van der Waals surface area contributed by atoms with Gasteiger partial charge in [0.15, 0.2) is 0 Å². The Kier molecular flexibility index (Phi) is 5.49. The highest BCUT2D eigenvalue weighted by atomic mass is 19.1. The number of hydrogen-bond acceptors (Lipinski definition) is 3. The zero-order chi connectivity index (χ0) is 15.3. The topological polar surface area (TPSA) is 66.8 Å². The second kappa shape index (κ2) is 6.88. The summed E-state index contributed by atoms with van der Waals surface area (Å²) < 4.78 is 18.9. The Hall–Kier alpha value is -2.11. The highest BCUT2D eigenvalue weighted by Crippen LogP contribution is 2.24. The van der Waals surface area contributed by atoms with Gasteiger partial charge in [-0.3, -0.25) is 9.59 Å². The molecule has 0 fully saturated rings. The van der Waals surface area contributed by atoms with Crippen molar-refractivity contribution >= 4 is 11.9 Å². The Balaban J connectivity index is 3.11. The predicted molar refractivity (Wildman–Crippen MR) is 71.4 cm³/mol. The van der Waals surface area contributed by atoms with Gasteiger partial charge in [-0.05, 0) is 26.0 Å². The molecule has 0 aliphatic heterocycles. The number of carbonyl (C=O) groups is 2. The molecule has 5 nitrogen and oxygen atoms in total. The summed E-state index contributed by atoms with van der Waals surface area (Å²) in [7, 11) is 1.35. The number of carboxylic acid groups (broad SMARTS) is 1. The van der Waals surface area contributed by atoms with Gasteiger partial charge in [0, 0.05) is 12.6 Å². The van der Waals surface area contributed by atoms with Gasteiger partial charge in [0.25, 0.3) is 5.91 Å². The van der Waals surface area contributed by atoms with Gasteiger partial charge in [-0.1, -0.05) is 6.07 Å². The maximum absolute atomic E-state index is 13.9. The summed E-state index contributed by atoms with van der Waals surface area (Å²) >= 11 is 0. The zero-order valence-electron chi connectivity index (χ0n) is 11.7. The van der Waals surface area contributed by atoms with E-state index in [0.717, 1.165) is 0 Å². The maximum atomic E-state index is 13.9. The first-order chi connectivity index (χ1) is 9.42. The van der Waals surface area contributed by atoms with Crippen LogP contribution in [0, 0.1) is 5.82 Å². The fourth-order valence-corrected chi connectivity index (χ4v) is 2.04. The molecule has 6 heteroatoms. The fourth-order valence-electron chi connectivity index (χ4n) is 2.04. The van der Waals surface area contributed by atoms with E-state index >= 15 is 0 Å². The average molecular weight is 283 g/mol. The third-order valence-corrected chi connectivity index (χ3v) is 3.01. The van der Waals surface area contributed by atoms with Crippen LogP contribution >= 0.6 is 0 Å². The number of methoxy groups -OCH3 is 1. The minimum atomic E-state index is -1.01. The molecule has 0 radical (unpaired) electrons. The van der Waals surface area contributed by atoms with Crippen molar-refractivity contribution in [2.24, 2.45) is 0 Å². The van der Waals surface area contributed by atoms with Crippen LogP contribution in [0.2, 0.25) is 0 Å².